The Balaban J connectivity index is 1.48. The van der Waals surface area contributed by atoms with Crippen LogP contribution < -0.4 is 14.9 Å². The molecule has 1 N–H and O–H groups in total. The van der Waals surface area contributed by atoms with Crippen molar-refractivity contribution in [3.05, 3.63) is 53.4 Å². The third-order valence-corrected chi connectivity index (χ3v) is 8.03. The van der Waals surface area contributed by atoms with Crippen LogP contribution in [0.4, 0.5) is 5.13 Å². The Kier molecular flexibility index (Phi) is 7.26. The van der Waals surface area contributed by atoms with E-state index in [0.717, 1.165) is 30.4 Å². The number of hydrogen-bond donors (Lipinski definition) is 1. The van der Waals surface area contributed by atoms with E-state index in [0.29, 0.717) is 40.3 Å². The van der Waals surface area contributed by atoms with Crippen LogP contribution >= 0.6 is 11.3 Å². The number of nitrogens with zero attached hydrogens (tertiary/aromatic N) is 3. The summed E-state index contributed by atoms with van der Waals surface area (Å²) in [5, 5.41) is 6.72. The summed E-state index contributed by atoms with van der Waals surface area (Å²) in [6, 6.07) is 12.4. The summed E-state index contributed by atoms with van der Waals surface area (Å²) < 4.78 is 38.2. The largest absolute Gasteiger partial charge is 0.497 e. The first kappa shape index (κ1) is 23.2. The SMILES string of the molecule is COc1ccc(/C=N/Nc2nc(-c3cccc(S(=O)(=O)N4CCCCC4)c3)cs2)c(OC)c1. The maximum absolute atomic E-state index is 13.0. The van der Waals surface area contributed by atoms with Crippen LogP contribution in [0.5, 0.6) is 11.5 Å². The number of hydrogen-bond acceptors (Lipinski definition) is 8. The molecule has 2 heterocycles. The van der Waals surface area contributed by atoms with Gasteiger partial charge < -0.3 is 9.47 Å². The van der Waals surface area contributed by atoms with Crippen LogP contribution in [0.1, 0.15) is 24.8 Å². The number of sulfonamides is 1. The van der Waals surface area contributed by atoms with Crippen molar-refractivity contribution >= 4 is 32.7 Å². The number of benzene rings is 2. The van der Waals surface area contributed by atoms with Crippen molar-refractivity contribution in [2.24, 2.45) is 5.10 Å². The number of piperidine rings is 1. The first-order valence-corrected chi connectivity index (χ1v) is 12.9. The molecule has 0 aliphatic carbocycles. The number of hydrazone groups is 1. The molecule has 0 amide bonds. The fraction of sp³-hybridized carbons (Fsp3) is 0.304. The van der Waals surface area contributed by atoms with Crippen molar-refractivity contribution in [3.8, 4) is 22.8 Å². The lowest BCUT2D eigenvalue weighted by atomic mass is 10.2. The Hall–Kier alpha value is -2.95. The summed E-state index contributed by atoms with van der Waals surface area (Å²) in [7, 11) is -0.304. The molecule has 4 rings (SSSR count). The Morgan fingerprint density at radius 1 is 1.09 bits per heavy atom. The van der Waals surface area contributed by atoms with E-state index in [4.69, 9.17) is 9.47 Å². The molecule has 3 aromatic rings. The first-order valence-electron chi connectivity index (χ1n) is 10.6. The lowest BCUT2D eigenvalue weighted by Crippen LogP contribution is -2.35. The molecule has 0 radical (unpaired) electrons. The molecule has 1 aliphatic rings. The van der Waals surface area contributed by atoms with Crippen molar-refractivity contribution < 1.29 is 17.9 Å². The average Bonchev–Trinajstić information content (AvgIpc) is 3.34. The zero-order chi connectivity index (χ0) is 23.3. The van der Waals surface area contributed by atoms with Crippen LogP contribution in [-0.4, -0.2) is 51.2 Å². The van der Waals surface area contributed by atoms with Crippen molar-refractivity contribution in [3.63, 3.8) is 0 Å². The molecular formula is C23H26N4O4S2. The minimum Gasteiger partial charge on any atom is -0.497 e. The smallest absolute Gasteiger partial charge is 0.243 e. The van der Waals surface area contributed by atoms with Gasteiger partial charge >= 0.3 is 0 Å². The monoisotopic (exact) mass is 486 g/mol. The van der Waals surface area contributed by atoms with E-state index >= 15 is 0 Å². The molecule has 0 unspecified atom stereocenters. The molecule has 0 atom stereocenters. The Morgan fingerprint density at radius 3 is 2.67 bits per heavy atom. The van der Waals surface area contributed by atoms with Gasteiger partial charge in [-0.05, 0) is 37.1 Å². The lowest BCUT2D eigenvalue weighted by molar-refractivity contribution is 0.346. The van der Waals surface area contributed by atoms with Gasteiger partial charge in [0.2, 0.25) is 15.2 Å². The highest BCUT2D eigenvalue weighted by molar-refractivity contribution is 7.89. The molecule has 0 saturated carbocycles. The predicted molar refractivity (Wildman–Crippen MR) is 131 cm³/mol. The maximum atomic E-state index is 13.0. The van der Waals surface area contributed by atoms with Crippen molar-refractivity contribution in [2.45, 2.75) is 24.2 Å². The minimum atomic E-state index is -3.49. The molecular weight excluding hydrogens is 460 g/mol. The van der Waals surface area contributed by atoms with E-state index in [-0.39, 0.29) is 0 Å². The Morgan fingerprint density at radius 2 is 1.91 bits per heavy atom. The molecule has 8 nitrogen and oxygen atoms in total. The van der Waals surface area contributed by atoms with E-state index in [2.05, 4.69) is 15.5 Å². The number of anilines is 1. The number of methoxy groups -OCH3 is 2. The van der Waals surface area contributed by atoms with E-state index < -0.39 is 10.0 Å². The molecule has 33 heavy (non-hydrogen) atoms. The number of thiazole rings is 1. The lowest BCUT2D eigenvalue weighted by Gasteiger charge is -2.26. The topological polar surface area (TPSA) is 93.1 Å². The van der Waals surface area contributed by atoms with Gasteiger partial charge in [-0.25, -0.2) is 13.4 Å². The second-order valence-electron chi connectivity index (χ2n) is 7.51. The molecule has 1 aromatic heterocycles. The summed E-state index contributed by atoms with van der Waals surface area (Å²) in [5.74, 6) is 1.34. The molecule has 2 aromatic carbocycles. The highest BCUT2D eigenvalue weighted by Crippen LogP contribution is 2.29. The Bertz CT molecular complexity index is 1230. The van der Waals surface area contributed by atoms with Gasteiger partial charge in [0.15, 0.2) is 0 Å². The molecule has 0 bridgehead atoms. The number of nitrogens with one attached hydrogen (secondary N) is 1. The van der Waals surface area contributed by atoms with Crippen molar-refractivity contribution in [1.82, 2.24) is 9.29 Å². The van der Waals surface area contributed by atoms with Gasteiger partial charge in [0, 0.05) is 35.7 Å². The van der Waals surface area contributed by atoms with Crippen LogP contribution in [0.15, 0.2) is 57.8 Å². The number of ether oxygens (including phenoxy) is 2. The predicted octanol–water partition coefficient (Wildman–Crippen LogP) is 4.45. The van der Waals surface area contributed by atoms with E-state index in [1.165, 1.54) is 11.3 Å². The standard InChI is InChI=1S/C23H26N4O4S2/c1-30-19-10-9-18(22(14-19)31-2)15-24-26-23-25-21(16-32-23)17-7-6-8-20(13-17)33(28,29)27-11-4-3-5-12-27/h6-10,13-16H,3-5,11-12H2,1-2H3,(H,25,26)/b24-15+. The van der Waals surface area contributed by atoms with Crippen LogP contribution in [0.25, 0.3) is 11.3 Å². The second kappa shape index (κ2) is 10.3. The van der Waals surface area contributed by atoms with Gasteiger partial charge in [0.1, 0.15) is 11.5 Å². The fourth-order valence-electron chi connectivity index (χ4n) is 3.61. The van der Waals surface area contributed by atoms with Crippen molar-refractivity contribution in [2.75, 3.05) is 32.7 Å². The number of aromatic nitrogens is 1. The van der Waals surface area contributed by atoms with Crippen LogP contribution in [-0.2, 0) is 10.0 Å². The maximum Gasteiger partial charge on any atom is 0.243 e. The zero-order valence-electron chi connectivity index (χ0n) is 18.5. The number of rotatable bonds is 8. The van der Waals surface area contributed by atoms with E-state index in [9.17, 15) is 8.42 Å². The summed E-state index contributed by atoms with van der Waals surface area (Å²) in [6.45, 7) is 1.16. The van der Waals surface area contributed by atoms with Gasteiger partial charge in [-0.3, -0.25) is 5.43 Å². The van der Waals surface area contributed by atoms with Crippen LogP contribution in [0.3, 0.4) is 0 Å². The molecule has 1 aliphatic heterocycles. The van der Waals surface area contributed by atoms with Crippen LogP contribution in [0, 0.1) is 0 Å². The van der Waals surface area contributed by atoms with Crippen LogP contribution in [0.2, 0.25) is 0 Å². The van der Waals surface area contributed by atoms with E-state index in [1.807, 2.05) is 23.6 Å². The quantitative estimate of drug-likeness (QED) is 0.374. The van der Waals surface area contributed by atoms with Gasteiger partial charge in [-0.1, -0.05) is 18.6 Å². The Labute approximate surface area is 197 Å². The molecule has 1 saturated heterocycles. The zero-order valence-corrected chi connectivity index (χ0v) is 20.2. The van der Waals surface area contributed by atoms with Gasteiger partial charge in [0.25, 0.3) is 0 Å². The van der Waals surface area contributed by atoms with Crippen molar-refractivity contribution in [1.29, 1.82) is 0 Å². The van der Waals surface area contributed by atoms with E-state index in [1.54, 1.807) is 49.0 Å². The molecule has 1 fully saturated rings. The fourth-order valence-corrected chi connectivity index (χ4v) is 5.84. The van der Waals surface area contributed by atoms with Gasteiger partial charge in [0.05, 0.1) is 31.0 Å². The highest BCUT2D eigenvalue weighted by atomic mass is 32.2. The summed E-state index contributed by atoms with van der Waals surface area (Å²) in [6.07, 6.45) is 4.53. The summed E-state index contributed by atoms with van der Waals surface area (Å²) >= 11 is 1.39. The average molecular weight is 487 g/mol. The highest BCUT2D eigenvalue weighted by Gasteiger charge is 2.26. The third-order valence-electron chi connectivity index (χ3n) is 5.39. The van der Waals surface area contributed by atoms with Gasteiger partial charge in [-0.15, -0.1) is 11.3 Å². The normalized spacial score (nSPS) is 15.0. The molecule has 0 spiro atoms. The minimum absolute atomic E-state index is 0.300. The summed E-state index contributed by atoms with van der Waals surface area (Å²) in [4.78, 5) is 4.85. The first-order chi connectivity index (χ1) is 16.0. The summed E-state index contributed by atoms with van der Waals surface area (Å²) in [5.41, 5.74) is 5.15. The third kappa shape index (κ3) is 5.35. The molecule has 174 valence electrons. The van der Waals surface area contributed by atoms with Gasteiger partial charge in [-0.2, -0.15) is 9.41 Å². The second-order valence-corrected chi connectivity index (χ2v) is 10.3. The molecule has 10 heteroatoms.